The minimum absolute atomic E-state index is 0.0886. The van der Waals surface area contributed by atoms with Gasteiger partial charge in [0.25, 0.3) is 0 Å². The van der Waals surface area contributed by atoms with Gasteiger partial charge in [-0.15, -0.1) is 0 Å². The van der Waals surface area contributed by atoms with Gasteiger partial charge in [-0.25, -0.2) is 0 Å². The summed E-state index contributed by atoms with van der Waals surface area (Å²) < 4.78 is 27.9. The Morgan fingerprint density at radius 2 is 2.14 bits per heavy atom. The number of rotatable bonds is 2. The van der Waals surface area contributed by atoms with Gasteiger partial charge in [0.2, 0.25) is 0 Å². The van der Waals surface area contributed by atoms with Gasteiger partial charge in [-0.2, -0.15) is 14.0 Å². The lowest BCUT2D eigenvalue weighted by Gasteiger charge is -2.09. The van der Waals surface area contributed by atoms with E-state index in [0.717, 1.165) is 0 Å². The fourth-order valence-electron chi connectivity index (χ4n) is 0.918. The Kier molecular flexibility index (Phi) is 3.10. The van der Waals surface area contributed by atoms with Crippen molar-refractivity contribution in [2.75, 3.05) is 5.73 Å². The molecule has 0 saturated carbocycles. The second-order valence-corrected chi connectivity index (χ2v) is 2.80. The number of alkyl halides is 2. The molecule has 0 aliphatic heterocycles. The number of nitrogens with zero attached hydrogens (tertiary/aromatic N) is 1. The maximum Gasteiger partial charge on any atom is 0.387 e. The van der Waals surface area contributed by atoms with E-state index in [1.165, 1.54) is 12.1 Å². The number of halogens is 3. The van der Waals surface area contributed by atoms with Gasteiger partial charge in [0, 0.05) is 5.02 Å². The monoisotopic (exact) mass is 218 g/mol. The molecule has 0 radical (unpaired) electrons. The van der Waals surface area contributed by atoms with E-state index in [9.17, 15) is 8.78 Å². The highest BCUT2D eigenvalue weighted by Gasteiger charge is 2.13. The average Bonchev–Trinajstić information content (AvgIpc) is 2.08. The number of nitriles is 1. The fraction of sp³-hybridized carbons (Fsp3) is 0.125. The van der Waals surface area contributed by atoms with Crippen LogP contribution in [-0.4, -0.2) is 6.61 Å². The van der Waals surface area contributed by atoms with Gasteiger partial charge in [0.1, 0.15) is 6.07 Å². The number of nitrogen functional groups attached to an aromatic ring is 1. The van der Waals surface area contributed by atoms with Crippen LogP contribution in [0.1, 0.15) is 5.56 Å². The number of anilines is 1. The van der Waals surface area contributed by atoms with Crippen molar-refractivity contribution in [3.05, 3.63) is 22.7 Å². The third-order valence-electron chi connectivity index (χ3n) is 1.41. The largest absolute Gasteiger partial charge is 0.431 e. The van der Waals surface area contributed by atoms with Crippen LogP contribution in [0.4, 0.5) is 14.5 Å². The van der Waals surface area contributed by atoms with Crippen molar-refractivity contribution in [3.63, 3.8) is 0 Å². The molecule has 0 aromatic heterocycles. The van der Waals surface area contributed by atoms with Crippen LogP contribution in [0.15, 0.2) is 12.1 Å². The van der Waals surface area contributed by atoms with Crippen molar-refractivity contribution in [1.82, 2.24) is 0 Å². The van der Waals surface area contributed by atoms with Gasteiger partial charge < -0.3 is 10.5 Å². The highest BCUT2D eigenvalue weighted by Crippen LogP contribution is 2.31. The lowest BCUT2D eigenvalue weighted by atomic mass is 10.2. The zero-order valence-corrected chi connectivity index (χ0v) is 7.55. The molecule has 2 N–H and O–H groups in total. The predicted octanol–water partition coefficient (Wildman–Crippen LogP) is 2.40. The first-order valence-electron chi connectivity index (χ1n) is 3.48. The van der Waals surface area contributed by atoms with E-state index in [1.54, 1.807) is 6.07 Å². The van der Waals surface area contributed by atoms with Crippen LogP contribution in [0.25, 0.3) is 0 Å². The van der Waals surface area contributed by atoms with E-state index in [1.807, 2.05) is 0 Å². The fourth-order valence-corrected chi connectivity index (χ4v) is 1.15. The van der Waals surface area contributed by atoms with Crippen molar-refractivity contribution < 1.29 is 13.5 Å². The van der Waals surface area contributed by atoms with Crippen LogP contribution in [0.3, 0.4) is 0 Å². The summed E-state index contributed by atoms with van der Waals surface area (Å²) in [6.45, 7) is -3.02. The third kappa shape index (κ3) is 2.24. The Morgan fingerprint density at radius 3 is 2.64 bits per heavy atom. The molecule has 0 fully saturated rings. The highest BCUT2D eigenvalue weighted by molar-refractivity contribution is 6.31. The average molecular weight is 219 g/mol. The van der Waals surface area contributed by atoms with Gasteiger partial charge >= 0.3 is 6.61 Å². The summed E-state index contributed by atoms with van der Waals surface area (Å²) in [5.74, 6) is -0.341. The molecular weight excluding hydrogens is 214 g/mol. The Bertz CT molecular complexity index is 390. The summed E-state index contributed by atoms with van der Waals surface area (Å²) in [6, 6.07) is 4.10. The van der Waals surface area contributed by atoms with Crippen LogP contribution in [-0.2, 0) is 0 Å². The molecule has 0 saturated heterocycles. The second-order valence-electron chi connectivity index (χ2n) is 2.36. The van der Waals surface area contributed by atoms with E-state index in [-0.39, 0.29) is 22.0 Å². The molecule has 14 heavy (non-hydrogen) atoms. The molecule has 1 rings (SSSR count). The number of hydrogen-bond donors (Lipinski definition) is 1. The molecule has 1 aromatic rings. The standard InChI is InChI=1S/C8H5ClF2N2O/c9-5-1-4(3-12)7(6(13)2-5)14-8(10)11/h1-2,8H,13H2. The van der Waals surface area contributed by atoms with E-state index >= 15 is 0 Å². The quantitative estimate of drug-likeness (QED) is 0.776. The minimum Gasteiger partial charge on any atom is -0.431 e. The SMILES string of the molecule is N#Cc1cc(Cl)cc(N)c1OC(F)F. The second kappa shape index (κ2) is 4.11. The van der Waals surface area contributed by atoms with Crippen molar-refractivity contribution >= 4 is 17.3 Å². The molecule has 0 amide bonds. The molecule has 3 nitrogen and oxygen atoms in total. The molecule has 0 atom stereocenters. The van der Waals surface area contributed by atoms with Gasteiger partial charge in [-0.1, -0.05) is 11.6 Å². The normalized spacial score (nSPS) is 9.93. The highest BCUT2D eigenvalue weighted by atomic mass is 35.5. The smallest absolute Gasteiger partial charge is 0.387 e. The Balaban J connectivity index is 3.20. The molecule has 0 bridgehead atoms. The third-order valence-corrected chi connectivity index (χ3v) is 1.63. The van der Waals surface area contributed by atoms with E-state index in [0.29, 0.717) is 0 Å². The first kappa shape index (κ1) is 10.5. The molecule has 0 heterocycles. The van der Waals surface area contributed by atoms with Gasteiger partial charge in [0.05, 0.1) is 11.3 Å². The molecule has 0 unspecified atom stereocenters. The van der Waals surface area contributed by atoms with E-state index in [2.05, 4.69) is 4.74 Å². The summed E-state index contributed by atoms with van der Waals surface area (Å²) in [5.41, 5.74) is 5.15. The van der Waals surface area contributed by atoms with Crippen LogP contribution in [0, 0.1) is 11.3 Å². The Hall–Kier alpha value is -1.54. The van der Waals surface area contributed by atoms with Gasteiger partial charge in [-0.05, 0) is 12.1 Å². The number of nitrogens with two attached hydrogens (primary N) is 1. The number of benzene rings is 1. The predicted molar refractivity (Wildman–Crippen MR) is 47.2 cm³/mol. The van der Waals surface area contributed by atoms with E-state index in [4.69, 9.17) is 22.6 Å². The van der Waals surface area contributed by atoms with Gasteiger partial charge in [0.15, 0.2) is 5.75 Å². The summed E-state index contributed by atoms with van der Waals surface area (Å²) in [5, 5.41) is 8.79. The van der Waals surface area contributed by atoms with Crippen LogP contribution < -0.4 is 10.5 Å². The van der Waals surface area contributed by atoms with E-state index < -0.39 is 6.61 Å². The Morgan fingerprint density at radius 1 is 1.50 bits per heavy atom. The van der Waals surface area contributed by atoms with Crippen LogP contribution in [0.2, 0.25) is 5.02 Å². The van der Waals surface area contributed by atoms with Crippen molar-refractivity contribution in [2.45, 2.75) is 6.61 Å². The maximum atomic E-state index is 11.9. The van der Waals surface area contributed by atoms with Crippen LogP contribution in [0.5, 0.6) is 5.75 Å². The van der Waals surface area contributed by atoms with Gasteiger partial charge in [-0.3, -0.25) is 0 Å². The molecule has 0 aliphatic carbocycles. The number of hydrogen-bond acceptors (Lipinski definition) is 3. The lowest BCUT2D eigenvalue weighted by Crippen LogP contribution is -2.06. The molecule has 6 heteroatoms. The zero-order chi connectivity index (χ0) is 10.7. The van der Waals surface area contributed by atoms with Crippen molar-refractivity contribution in [2.24, 2.45) is 0 Å². The molecule has 0 aliphatic rings. The molecule has 74 valence electrons. The Labute approximate surface area is 83.6 Å². The zero-order valence-electron chi connectivity index (χ0n) is 6.80. The summed E-state index contributed by atoms with van der Waals surface area (Å²) in [4.78, 5) is 0. The van der Waals surface area contributed by atoms with Crippen LogP contribution >= 0.6 is 11.6 Å². The molecule has 0 spiro atoms. The van der Waals surface area contributed by atoms with Crippen molar-refractivity contribution in [1.29, 1.82) is 5.26 Å². The van der Waals surface area contributed by atoms with Crippen molar-refractivity contribution in [3.8, 4) is 11.8 Å². The number of ether oxygens (including phenoxy) is 1. The summed E-state index contributed by atoms with van der Waals surface area (Å²) >= 11 is 5.56. The summed E-state index contributed by atoms with van der Waals surface area (Å²) in [6.07, 6.45) is 0. The minimum atomic E-state index is -3.02. The molecule has 1 aromatic carbocycles. The topological polar surface area (TPSA) is 59.0 Å². The maximum absolute atomic E-state index is 11.9. The first-order valence-corrected chi connectivity index (χ1v) is 3.86. The first-order chi connectivity index (χ1) is 6.54. The lowest BCUT2D eigenvalue weighted by molar-refractivity contribution is -0.0495. The summed E-state index contributed by atoms with van der Waals surface area (Å²) in [7, 11) is 0. The molecular formula is C8H5ClF2N2O.